The zero-order valence-electron chi connectivity index (χ0n) is 30.5. The normalized spacial score (nSPS) is 19.9. The first-order chi connectivity index (χ1) is 26.4. The van der Waals surface area contributed by atoms with Crippen molar-refractivity contribution in [2.24, 2.45) is 5.92 Å². The molecule has 4 fully saturated rings. The van der Waals surface area contributed by atoms with E-state index in [9.17, 15) is 14.9 Å². The number of rotatable bonds is 7. The molecule has 9 rings (SSSR count). The molecule has 3 amide bonds. The van der Waals surface area contributed by atoms with Crippen molar-refractivity contribution < 1.29 is 9.59 Å². The Bertz CT molecular complexity index is 2220. The lowest BCUT2D eigenvalue weighted by atomic mass is 9.88. The number of aromatic amines is 1. The SMILES string of the molecule is N#Cc1n[nH]c2c(N3CCC(c4ccc(N5CCC(CN6CCC(n7ccc8c(N9CCC(=O)NC9=O)cccc87)CC6)CC5)cc4)CC3)ccc(Cl)c12. The van der Waals surface area contributed by atoms with Gasteiger partial charge in [-0.3, -0.25) is 20.1 Å². The highest BCUT2D eigenvalue weighted by molar-refractivity contribution is 6.36. The number of piperidine rings is 3. The zero-order chi connectivity index (χ0) is 36.8. The number of amides is 3. The smallest absolute Gasteiger partial charge is 0.328 e. The summed E-state index contributed by atoms with van der Waals surface area (Å²) in [5.74, 6) is 1.06. The summed E-state index contributed by atoms with van der Waals surface area (Å²) in [6.07, 6.45) is 9.36. The number of carbonyl (C=O) groups excluding carboxylic acids is 2. The third kappa shape index (κ3) is 6.56. The van der Waals surface area contributed by atoms with Gasteiger partial charge in [-0.25, -0.2) is 4.79 Å². The summed E-state index contributed by atoms with van der Waals surface area (Å²) in [6.45, 7) is 7.92. The maximum atomic E-state index is 12.6. The van der Waals surface area contributed by atoms with Crippen LogP contribution >= 0.6 is 11.6 Å². The topological polar surface area (TPSA) is 117 Å². The average Bonchev–Trinajstić information content (AvgIpc) is 3.85. The maximum Gasteiger partial charge on any atom is 0.328 e. The van der Waals surface area contributed by atoms with E-state index in [1.54, 1.807) is 4.90 Å². The fourth-order valence-corrected chi connectivity index (χ4v) is 9.72. The van der Waals surface area contributed by atoms with Crippen LogP contribution in [0.15, 0.2) is 66.9 Å². The van der Waals surface area contributed by atoms with Crippen molar-refractivity contribution in [1.29, 1.82) is 5.26 Å². The minimum absolute atomic E-state index is 0.209. The van der Waals surface area contributed by atoms with Gasteiger partial charge in [-0.15, -0.1) is 0 Å². The number of imide groups is 1. The highest BCUT2D eigenvalue weighted by Gasteiger charge is 2.29. The molecule has 0 saturated carbocycles. The number of urea groups is 1. The second-order valence-electron chi connectivity index (χ2n) is 15.5. The molecule has 12 heteroatoms. The van der Waals surface area contributed by atoms with Crippen LogP contribution in [-0.2, 0) is 4.79 Å². The number of nitriles is 1. The predicted octanol–water partition coefficient (Wildman–Crippen LogP) is 7.43. The molecule has 278 valence electrons. The van der Waals surface area contributed by atoms with Crippen LogP contribution < -0.4 is 20.0 Å². The molecule has 6 heterocycles. The van der Waals surface area contributed by atoms with Gasteiger partial charge in [0.15, 0.2) is 5.69 Å². The Morgan fingerprint density at radius 1 is 0.815 bits per heavy atom. The van der Waals surface area contributed by atoms with Crippen LogP contribution in [0.5, 0.6) is 0 Å². The van der Waals surface area contributed by atoms with E-state index in [0.717, 1.165) is 98.7 Å². The molecular formula is C42H46ClN9O2. The minimum Gasteiger partial charge on any atom is -0.372 e. The first-order valence-electron chi connectivity index (χ1n) is 19.5. The second kappa shape index (κ2) is 14.6. The number of carbonyl (C=O) groups is 2. The molecule has 4 aliphatic heterocycles. The van der Waals surface area contributed by atoms with Gasteiger partial charge in [0.25, 0.3) is 0 Å². The minimum atomic E-state index is -0.335. The lowest BCUT2D eigenvalue weighted by molar-refractivity contribution is -0.120. The van der Waals surface area contributed by atoms with Gasteiger partial charge in [-0.05, 0) is 98.4 Å². The standard InChI is InChI=1S/C42H46ClN9O2/c43-34-8-9-38(41-40(34)35(26-44)46-47-41)50-22-12-30(13-23-50)29-4-6-31(7-5-29)49-20-10-28(11-21-49)27-48-18-14-32(15-19-48)51-24-16-33-36(51)2-1-3-37(33)52-25-17-39(53)45-42(52)54/h1-9,16,24,28,30,32H,10-15,17-23,25,27H2,(H,46,47)(H,45,53,54). The van der Waals surface area contributed by atoms with E-state index in [-0.39, 0.29) is 11.9 Å². The molecule has 0 spiro atoms. The second-order valence-corrected chi connectivity index (χ2v) is 15.9. The van der Waals surface area contributed by atoms with E-state index in [0.29, 0.717) is 41.0 Å². The molecule has 0 atom stereocenters. The lowest BCUT2D eigenvalue weighted by Crippen LogP contribution is -2.49. The maximum absolute atomic E-state index is 12.6. The molecule has 0 radical (unpaired) electrons. The van der Waals surface area contributed by atoms with Crippen LogP contribution in [0.2, 0.25) is 5.02 Å². The quantitative estimate of drug-likeness (QED) is 0.178. The third-order valence-electron chi connectivity index (χ3n) is 12.5. The largest absolute Gasteiger partial charge is 0.372 e. The van der Waals surface area contributed by atoms with Crippen LogP contribution in [0.1, 0.15) is 68.2 Å². The first-order valence-corrected chi connectivity index (χ1v) is 19.9. The highest BCUT2D eigenvalue weighted by atomic mass is 35.5. The van der Waals surface area contributed by atoms with Crippen molar-refractivity contribution >= 4 is 62.4 Å². The summed E-state index contributed by atoms with van der Waals surface area (Å²) >= 11 is 6.42. The van der Waals surface area contributed by atoms with E-state index < -0.39 is 0 Å². The molecule has 0 bridgehead atoms. The fraction of sp³-hybridized carbons (Fsp3) is 0.429. The highest BCUT2D eigenvalue weighted by Crippen LogP contribution is 2.38. The number of aromatic nitrogens is 3. The number of halogens is 1. The third-order valence-corrected chi connectivity index (χ3v) is 12.8. The van der Waals surface area contributed by atoms with Crippen molar-refractivity contribution in [1.82, 2.24) is 25.0 Å². The van der Waals surface area contributed by atoms with Crippen molar-refractivity contribution in [3.05, 3.63) is 83.1 Å². The van der Waals surface area contributed by atoms with E-state index in [1.165, 1.54) is 30.6 Å². The fourth-order valence-electron chi connectivity index (χ4n) is 9.47. The molecule has 0 unspecified atom stereocenters. The van der Waals surface area contributed by atoms with Crippen molar-refractivity contribution in [2.45, 2.75) is 56.9 Å². The predicted molar refractivity (Wildman–Crippen MR) is 214 cm³/mol. The Morgan fingerprint density at radius 2 is 1.57 bits per heavy atom. The van der Waals surface area contributed by atoms with Crippen LogP contribution in [0.3, 0.4) is 0 Å². The Morgan fingerprint density at radius 3 is 2.31 bits per heavy atom. The molecule has 3 aromatic carbocycles. The number of hydrogen-bond donors (Lipinski definition) is 2. The van der Waals surface area contributed by atoms with Crippen molar-refractivity contribution in [2.75, 3.05) is 67.1 Å². The van der Waals surface area contributed by atoms with E-state index >= 15 is 0 Å². The number of H-pyrrole nitrogens is 1. The number of fused-ring (bicyclic) bond motifs is 2. The molecule has 4 aliphatic rings. The monoisotopic (exact) mass is 743 g/mol. The van der Waals surface area contributed by atoms with Gasteiger partial charge in [0.2, 0.25) is 5.91 Å². The molecule has 54 heavy (non-hydrogen) atoms. The first kappa shape index (κ1) is 34.7. The molecule has 5 aromatic rings. The van der Waals surface area contributed by atoms with Gasteiger partial charge in [0.1, 0.15) is 6.07 Å². The zero-order valence-corrected chi connectivity index (χ0v) is 31.3. The summed E-state index contributed by atoms with van der Waals surface area (Å²) in [4.78, 5) is 33.6. The summed E-state index contributed by atoms with van der Waals surface area (Å²) < 4.78 is 2.41. The van der Waals surface area contributed by atoms with E-state index in [2.05, 4.69) is 83.4 Å². The Kier molecular flexibility index (Phi) is 9.41. The number of nitrogens with zero attached hydrogens (tertiary/aromatic N) is 7. The lowest BCUT2D eigenvalue weighted by Gasteiger charge is -2.39. The Balaban J connectivity index is 0.744. The van der Waals surface area contributed by atoms with E-state index in [1.807, 2.05) is 24.3 Å². The van der Waals surface area contributed by atoms with Crippen LogP contribution in [-0.4, -0.2) is 84.0 Å². The van der Waals surface area contributed by atoms with E-state index in [4.69, 9.17) is 11.6 Å². The summed E-state index contributed by atoms with van der Waals surface area (Å²) in [6, 6.07) is 23.8. The van der Waals surface area contributed by atoms with Gasteiger partial charge in [0, 0.05) is 82.1 Å². The average molecular weight is 744 g/mol. The van der Waals surface area contributed by atoms with Gasteiger partial charge in [0.05, 0.1) is 32.8 Å². The molecular weight excluding hydrogens is 698 g/mol. The Labute approximate surface area is 320 Å². The number of hydrogen-bond acceptors (Lipinski definition) is 7. The van der Waals surface area contributed by atoms with Crippen LogP contribution in [0.4, 0.5) is 21.9 Å². The molecule has 2 N–H and O–H groups in total. The van der Waals surface area contributed by atoms with Crippen molar-refractivity contribution in [3.8, 4) is 6.07 Å². The molecule has 11 nitrogen and oxygen atoms in total. The van der Waals surface area contributed by atoms with Crippen LogP contribution in [0, 0.1) is 17.2 Å². The number of nitrogens with one attached hydrogen (secondary N) is 2. The summed E-state index contributed by atoms with van der Waals surface area (Å²) in [5, 5.41) is 21.5. The van der Waals surface area contributed by atoms with Gasteiger partial charge < -0.3 is 19.3 Å². The van der Waals surface area contributed by atoms with Gasteiger partial charge in [-0.1, -0.05) is 29.8 Å². The molecule has 4 saturated heterocycles. The number of benzene rings is 3. The molecule has 0 aliphatic carbocycles. The number of anilines is 3. The van der Waals surface area contributed by atoms with Gasteiger partial charge in [-0.2, -0.15) is 10.4 Å². The Hall–Kier alpha value is -5.05. The number of likely N-dealkylation sites (tertiary alicyclic amines) is 1. The van der Waals surface area contributed by atoms with Crippen molar-refractivity contribution in [3.63, 3.8) is 0 Å². The molecule has 2 aromatic heterocycles. The van der Waals surface area contributed by atoms with Crippen LogP contribution in [0.25, 0.3) is 21.8 Å². The summed E-state index contributed by atoms with van der Waals surface area (Å²) in [7, 11) is 0. The summed E-state index contributed by atoms with van der Waals surface area (Å²) in [5.41, 5.74) is 7.05. The van der Waals surface area contributed by atoms with Gasteiger partial charge >= 0.3 is 6.03 Å².